The Labute approximate surface area is 124 Å². The number of anilines is 1. The Hall–Kier alpha value is -1.39. The van der Waals surface area contributed by atoms with Gasteiger partial charge in [-0.15, -0.1) is 0 Å². The van der Waals surface area contributed by atoms with Crippen LogP contribution in [-0.4, -0.2) is 16.9 Å². The van der Waals surface area contributed by atoms with Crippen LogP contribution in [-0.2, 0) is 11.0 Å². The summed E-state index contributed by atoms with van der Waals surface area (Å²) in [5.74, 6) is -1.39. The Bertz CT molecular complexity index is 577. The third-order valence-corrected chi connectivity index (χ3v) is 3.86. The van der Waals surface area contributed by atoms with Gasteiger partial charge in [0.1, 0.15) is 5.92 Å². The molecule has 20 heavy (non-hydrogen) atoms. The fraction of sp³-hybridized carbons (Fsp3) is 0.364. The van der Waals surface area contributed by atoms with Gasteiger partial charge in [0.25, 0.3) is 0 Å². The number of carbonyl (C=O) groups is 1. The van der Waals surface area contributed by atoms with Gasteiger partial charge in [0.2, 0.25) is 11.9 Å². The van der Waals surface area contributed by atoms with Crippen LogP contribution in [0.3, 0.4) is 0 Å². The number of carbonyl (C=O) groups excluding carboxylic acids is 1. The van der Waals surface area contributed by atoms with Gasteiger partial charge in [0.05, 0.1) is 11.3 Å². The predicted octanol–water partition coefficient (Wildman–Crippen LogP) is 2.91. The van der Waals surface area contributed by atoms with Crippen LogP contribution in [0.5, 0.6) is 0 Å². The minimum absolute atomic E-state index is 0.0134. The monoisotopic (exact) mass is 400 g/mol. The molecule has 1 saturated carbocycles. The molecule has 1 amide bonds. The van der Waals surface area contributed by atoms with Crippen LogP contribution in [0.2, 0.25) is 0 Å². The van der Waals surface area contributed by atoms with E-state index in [0.717, 1.165) is 12.1 Å². The highest BCUT2D eigenvalue weighted by Gasteiger charge is 2.53. The first kappa shape index (κ1) is 15.0. The van der Waals surface area contributed by atoms with Crippen LogP contribution in [0.4, 0.5) is 18.9 Å². The summed E-state index contributed by atoms with van der Waals surface area (Å²) in [6.07, 6.45) is -4.39. The summed E-state index contributed by atoms with van der Waals surface area (Å²) in [6.45, 7) is 0. The van der Waals surface area contributed by atoms with Crippen LogP contribution in [0.25, 0.3) is 0 Å². The molecule has 1 fully saturated rings. The fourth-order valence-corrected chi connectivity index (χ4v) is 2.19. The number of alkyl halides is 3. The first-order chi connectivity index (χ1) is 9.20. The number of nitrogens with zero attached hydrogens (tertiary/aromatic N) is 1. The summed E-state index contributed by atoms with van der Waals surface area (Å²) in [5.41, 5.74) is -0.866. The SMILES string of the molecule is O=C(Nc1cc(C(F)(F)F)ccc1I)C1CC1[N+](=O)[O-]. The van der Waals surface area contributed by atoms with Gasteiger partial charge < -0.3 is 5.32 Å². The maximum atomic E-state index is 12.6. The lowest BCUT2D eigenvalue weighted by Gasteiger charge is -2.11. The second kappa shape index (κ2) is 5.19. The number of hydrogen-bond donors (Lipinski definition) is 1. The Kier molecular flexibility index (Phi) is 3.89. The van der Waals surface area contributed by atoms with E-state index in [-0.39, 0.29) is 12.1 Å². The number of benzene rings is 1. The van der Waals surface area contributed by atoms with Crippen molar-refractivity contribution < 1.29 is 22.9 Å². The van der Waals surface area contributed by atoms with Crippen molar-refractivity contribution in [2.24, 2.45) is 5.92 Å². The average molecular weight is 400 g/mol. The van der Waals surface area contributed by atoms with Gasteiger partial charge >= 0.3 is 6.18 Å². The molecule has 2 atom stereocenters. The normalized spacial score (nSPS) is 21.4. The van der Waals surface area contributed by atoms with Crippen LogP contribution < -0.4 is 5.32 Å². The third-order valence-electron chi connectivity index (χ3n) is 2.92. The highest BCUT2D eigenvalue weighted by Crippen LogP contribution is 2.36. The Balaban J connectivity index is 2.14. The van der Waals surface area contributed by atoms with Crippen molar-refractivity contribution in [3.8, 4) is 0 Å². The van der Waals surface area contributed by atoms with E-state index in [4.69, 9.17) is 0 Å². The fourth-order valence-electron chi connectivity index (χ4n) is 1.72. The molecular weight excluding hydrogens is 392 g/mol. The molecule has 0 bridgehead atoms. The molecule has 1 N–H and O–H groups in total. The molecule has 5 nitrogen and oxygen atoms in total. The van der Waals surface area contributed by atoms with Crippen molar-refractivity contribution >= 4 is 34.2 Å². The summed E-state index contributed by atoms with van der Waals surface area (Å²) in [7, 11) is 0. The van der Waals surface area contributed by atoms with Crippen LogP contribution >= 0.6 is 22.6 Å². The molecule has 0 radical (unpaired) electrons. The van der Waals surface area contributed by atoms with Crippen molar-refractivity contribution in [1.29, 1.82) is 0 Å². The molecule has 9 heteroatoms. The molecule has 2 rings (SSSR count). The van der Waals surface area contributed by atoms with Crippen LogP contribution in [0.15, 0.2) is 18.2 Å². The maximum absolute atomic E-state index is 12.6. The molecular formula is C11H8F3IN2O3. The van der Waals surface area contributed by atoms with E-state index >= 15 is 0 Å². The number of hydrogen-bond acceptors (Lipinski definition) is 3. The Morgan fingerprint density at radius 3 is 2.60 bits per heavy atom. The predicted molar refractivity (Wildman–Crippen MR) is 71.7 cm³/mol. The summed E-state index contributed by atoms with van der Waals surface area (Å²) >= 11 is 1.79. The first-order valence-electron chi connectivity index (χ1n) is 5.51. The number of amides is 1. The molecule has 1 aliphatic carbocycles. The van der Waals surface area contributed by atoms with Gasteiger partial charge in [-0.2, -0.15) is 13.2 Å². The van der Waals surface area contributed by atoms with Crippen molar-refractivity contribution in [2.75, 3.05) is 5.32 Å². The lowest BCUT2D eigenvalue weighted by atomic mass is 10.2. The molecule has 0 aliphatic heterocycles. The van der Waals surface area contributed by atoms with E-state index in [1.165, 1.54) is 6.07 Å². The quantitative estimate of drug-likeness (QED) is 0.482. The van der Waals surface area contributed by atoms with Crippen molar-refractivity contribution in [3.63, 3.8) is 0 Å². The largest absolute Gasteiger partial charge is 0.416 e. The summed E-state index contributed by atoms with van der Waals surface area (Å²) < 4.78 is 38.1. The van der Waals surface area contributed by atoms with Gasteiger partial charge in [-0.25, -0.2) is 0 Å². The minimum atomic E-state index is -4.51. The summed E-state index contributed by atoms with van der Waals surface area (Å²) in [6, 6.07) is 2.03. The standard InChI is InChI=1S/C11H8F3IN2O3/c12-11(13,14)5-1-2-7(15)8(3-5)16-10(18)6-4-9(6)17(19)20/h1-3,6,9H,4H2,(H,16,18). The Morgan fingerprint density at radius 1 is 1.45 bits per heavy atom. The lowest BCUT2D eigenvalue weighted by molar-refractivity contribution is -0.497. The number of nitrogens with one attached hydrogen (secondary N) is 1. The van der Waals surface area contributed by atoms with Crippen molar-refractivity contribution in [2.45, 2.75) is 18.6 Å². The van der Waals surface area contributed by atoms with Gasteiger partial charge in [-0.1, -0.05) is 0 Å². The third kappa shape index (κ3) is 3.19. The van der Waals surface area contributed by atoms with E-state index in [1.807, 2.05) is 0 Å². The van der Waals surface area contributed by atoms with Crippen molar-refractivity contribution in [3.05, 3.63) is 37.4 Å². The smallest absolute Gasteiger partial charge is 0.325 e. The molecule has 0 saturated heterocycles. The van der Waals surface area contributed by atoms with Gasteiger partial charge in [-0.05, 0) is 40.8 Å². The van der Waals surface area contributed by atoms with E-state index in [9.17, 15) is 28.1 Å². The van der Waals surface area contributed by atoms with E-state index in [0.29, 0.717) is 3.57 Å². The van der Waals surface area contributed by atoms with Crippen LogP contribution in [0, 0.1) is 19.6 Å². The Morgan fingerprint density at radius 2 is 2.10 bits per heavy atom. The molecule has 0 spiro atoms. The second-order valence-corrected chi connectivity index (χ2v) is 5.54. The van der Waals surface area contributed by atoms with E-state index < -0.39 is 34.5 Å². The lowest BCUT2D eigenvalue weighted by Crippen LogP contribution is -2.19. The van der Waals surface area contributed by atoms with Crippen molar-refractivity contribution in [1.82, 2.24) is 0 Å². The zero-order valence-corrected chi connectivity index (χ0v) is 11.9. The van der Waals surface area contributed by atoms with Gasteiger partial charge in [0, 0.05) is 14.9 Å². The highest BCUT2D eigenvalue weighted by molar-refractivity contribution is 14.1. The van der Waals surface area contributed by atoms with Crippen LogP contribution in [0.1, 0.15) is 12.0 Å². The summed E-state index contributed by atoms with van der Waals surface area (Å²) in [5, 5.41) is 12.8. The number of nitro groups is 1. The van der Waals surface area contributed by atoms with Gasteiger partial charge in [0.15, 0.2) is 0 Å². The molecule has 1 aliphatic rings. The first-order valence-corrected chi connectivity index (χ1v) is 6.59. The summed E-state index contributed by atoms with van der Waals surface area (Å²) in [4.78, 5) is 21.6. The highest BCUT2D eigenvalue weighted by atomic mass is 127. The maximum Gasteiger partial charge on any atom is 0.416 e. The number of halogens is 4. The molecule has 2 unspecified atom stereocenters. The number of rotatable bonds is 3. The van der Waals surface area contributed by atoms with Gasteiger partial charge in [-0.3, -0.25) is 14.9 Å². The van der Waals surface area contributed by atoms with E-state index in [1.54, 1.807) is 22.6 Å². The zero-order chi connectivity index (χ0) is 15.1. The molecule has 108 valence electrons. The minimum Gasteiger partial charge on any atom is -0.325 e. The average Bonchev–Trinajstić information content (AvgIpc) is 3.10. The molecule has 0 heterocycles. The zero-order valence-electron chi connectivity index (χ0n) is 9.78. The van der Waals surface area contributed by atoms with E-state index in [2.05, 4.69) is 5.32 Å². The second-order valence-electron chi connectivity index (χ2n) is 4.38. The topological polar surface area (TPSA) is 72.2 Å². The molecule has 1 aromatic carbocycles. The molecule has 0 aromatic heterocycles. The molecule has 1 aromatic rings.